The maximum absolute atomic E-state index is 13.8. The van der Waals surface area contributed by atoms with E-state index in [1.165, 1.54) is 0 Å². The number of ether oxygens (including phenoxy) is 3. The first kappa shape index (κ1) is 32.6. The van der Waals surface area contributed by atoms with E-state index in [0.29, 0.717) is 48.7 Å². The van der Waals surface area contributed by atoms with Crippen molar-refractivity contribution in [3.05, 3.63) is 94.3 Å². The maximum atomic E-state index is 13.8. The van der Waals surface area contributed by atoms with Crippen LogP contribution in [-0.2, 0) is 29.6 Å². The van der Waals surface area contributed by atoms with E-state index in [-0.39, 0.29) is 30.9 Å². The van der Waals surface area contributed by atoms with Crippen molar-refractivity contribution in [2.45, 2.75) is 52.3 Å². The average Bonchev–Trinajstić information content (AvgIpc) is 3.59. The predicted octanol–water partition coefficient (Wildman–Crippen LogP) is 4.05. The van der Waals surface area contributed by atoms with Crippen molar-refractivity contribution in [3.63, 3.8) is 0 Å². The van der Waals surface area contributed by atoms with Crippen LogP contribution in [0.2, 0.25) is 0 Å². The van der Waals surface area contributed by atoms with Crippen LogP contribution in [0.5, 0.6) is 17.2 Å². The Bertz CT molecular complexity index is 1870. The molecule has 11 heteroatoms. The van der Waals surface area contributed by atoms with E-state index in [4.69, 9.17) is 14.2 Å². The lowest BCUT2D eigenvalue weighted by Gasteiger charge is -2.23. The number of carbonyl (C=O) groups excluding carboxylic acids is 3. The van der Waals surface area contributed by atoms with Gasteiger partial charge >= 0.3 is 0 Å². The Labute approximate surface area is 280 Å². The second-order valence-electron chi connectivity index (χ2n) is 12.4. The summed E-state index contributed by atoms with van der Waals surface area (Å²) in [5.41, 5.74) is 7.04. The molecule has 1 aromatic heterocycles. The first-order chi connectivity index (χ1) is 23.1. The number of carbonyl (C=O) groups is 3. The number of methoxy groups -OCH3 is 1. The van der Waals surface area contributed by atoms with Gasteiger partial charge in [0.05, 0.1) is 25.4 Å². The highest BCUT2D eigenvalue weighted by molar-refractivity contribution is 5.96. The number of benzene rings is 3. The minimum atomic E-state index is -0.538. The molecule has 4 heterocycles. The molecular weight excluding hydrogens is 610 g/mol. The predicted molar refractivity (Wildman–Crippen MR) is 180 cm³/mol. The minimum absolute atomic E-state index is 0.0219. The molecule has 4 aromatic rings. The van der Waals surface area contributed by atoms with Crippen molar-refractivity contribution in [2.24, 2.45) is 7.05 Å². The second kappa shape index (κ2) is 13.8. The van der Waals surface area contributed by atoms with Crippen molar-refractivity contribution >= 4 is 17.7 Å². The van der Waals surface area contributed by atoms with E-state index in [9.17, 15) is 14.4 Å². The summed E-state index contributed by atoms with van der Waals surface area (Å²) in [5.74, 6) is 0.933. The number of rotatable bonds is 4. The average molecular weight is 652 g/mol. The summed E-state index contributed by atoms with van der Waals surface area (Å²) < 4.78 is 19.8. The molecule has 0 aliphatic carbocycles. The zero-order chi connectivity index (χ0) is 33.9. The summed E-state index contributed by atoms with van der Waals surface area (Å²) in [7, 11) is 3.45. The van der Waals surface area contributed by atoms with Crippen molar-refractivity contribution in [3.8, 4) is 28.4 Å². The quantitative estimate of drug-likeness (QED) is 0.341. The Hall–Kier alpha value is -5.32. The van der Waals surface area contributed by atoms with Gasteiger partial charge in [0, 0.05) is 37.8 Å². The van der Waals surface area contributed by atoms with Crippen LogP contribution < -0.4 is 24.8 Å². The van der Waals surface area contributed by atoms with Gasteiger partial charge in [0.2, 0.25) is 5.91 Å². The van der Waals surface area contributed by atoms with E-state index in [1.54, 1.807) is 36.3 Å². The zero-order valence-corrected chi connectivity index (χ0v) is 28.0. The van der Waals surface area contributed by atoms with Crippen LogP contribution >= 0.6 is 0 Å². The number of nitrogens with zero attached hydrogens (tertiary/aromatic N) is 3. The first-order valence-electron chi connectivity index (χ1n) is 16.1. The van der Waals surface area contributed by atoms with Gasteiger partial charge in [-0.15, -0.1) is 0 Å². The lowest BCUT2D eigenvalue weighted by atomic mass is 9.97. The molecule has 0 spiro atoms. The molecule has 3 aliphatic heterocycles. The molecule has 1 fully saturated rings. The number of nitrogens with one attached hydrogen (secondary N) is 2. The lowest BCUT2D eigenvalue weighted by Crippen LogP contribution is -2.45. The summed E-state index contributed by atoms with van der Waals surface area (Å²) in [6.07, 6.45) is 0.353. The topological polar surface area (TPSA) is 124 Å². The monoisotopic (exact) mass is 651 g/mol. The van der Waals surface area contributed by atoms with Gasteiger partial charge in [-0.05, 0) is 91.4 Å². The standard InChI is InChI=1S/C37H41N5O6/c1-22-9-11-27-17-30(22)26-7-6-8-28(16-26)47-21-35(43)38-18-25-10-13-32(33(15-25)46-5)48-34-20-42(19-31(34)39-37(27)45)36(44)14-12-29-23(2)40-41(4)24(29)3/h6-11,13,15-17,31,34H,12,14,18-21H2,1-5H3,(H,38,43)(H,39,45)/t31-,34-/m0/s1. The Kier molecular flexibility index (Phi) is 9.38. The van der Waals surface area contributed by atoms with Crippen LogP contribution in [0, 0.1) is 20.8 Å². The van der Waals surface area contributed by atoms with Crippen LogP contribution in [0.25, 0.3) is 11.1 Å². The molecule has 0 radical (unpaired) electrons. The molecule has 3 amide bonds. The zero-order valence-electron chi connectivity index (χ0n) is 28.0. The Morgan fingerprint density at radius 3 is 2.62 bits per heavy atom. The first-order valence-corrected chi connectivity index (χ1v) is 16.1. The van der Waals surface area contributed by atoms with Gasteiger partial charge in [-0.2, -0.15) is 5.10 Å². The fraction of sp³-hybridized carbons (Fsp3) is 0.351. The van der Waals surface area contributed by atoms with Gasteiger partial charge in [-0.1, -0.05) is 24.3 Å². The van der Waals surface area contributed by atoms with Crippen LogP contribution in [0.15, 0.2) is 60.7 Å². The van der Waals surface area contributed by atoms with Crippen LogP contribution in [-0.4, -0.2) is 71.4 Å². The van der Waals surface area contributed by atoms with Gasteiger partial charge < -0.3 is 29.7 Å². The number of hydrogen-bond donors (Lipinski definition) is 2. The van der Waals surface area contributed by atoms with E-state index in [1.807, 2.05) is 68.9 Å². The second-order valence-corrected chi connectivity index (χ2v) is 12.4. The molecule has 11 nitrogen and oxygen atoms in total. The molecule has 1 saturated heterocycles. The third-order valence-corrected chi connectivity index (χ3v) is 9.19. The van der Waals surface area contributed by atoms with E-state index < -0.39 is 12.1 Å². The number of fused-ring (bicyclic) bond motifs is 7. The van der Waals surface area contributed by atoms with Crippen molar-refractivity contribution < 1.29 is 28.6 Å². The molecule has 250 valence electrons. The Morgan fingerprint density at radius 2 is 1.85 bits per heavy atom. The lowest BCUT2D eigenvalue weighted by molar-refractivity contribution is -0.130. The molecule has 0 saturated carbocycles. The fourth-order valence-electron chi connectivity index (χ4n) is 6.37. The fourth-order valence-corrected chi connectivity index (χ4v) is 6.37. The van der Waals surface area contributed by atoms with E-state index in [0.717, 1.165) is 39.2 Å². The number of aromatic nitrogens is 2. The molecule has 6 bridgehead atoms. The highest BCUT2D eigenvalue weighted by atomic mass is 16.5. The molecule has 2 atom stereocenters. The summed E-state index contributed by atoms with van der Waals surface area (Å²) in [6, 6.07) is 17.9. The molecule has 7 rings (SSSR count). The molecule has 3 aliphatic rings. The van der Waals surface area contributed by atoms with Gasteiger partial charge in [0.1, 0.15) is 11.9 Å². The van der Waals surface area contributed by atoms with Gasteiger partial charge in [-0.25, -0.2) is 0 Å². The number of likely N-dealkylation sites (tertiary alicyclic amines) is 1. The molecule has 3 aromatic carbocycles. The Morgan fingerprint density at radius 1 is 1.02 bits per heavy atom. The van der Waals surface area contributed by atoms with E-state index in [2.05, 4.69) is 15.7 Å². The van der Waals surface area contributed by atoms with Crippen LogP contribution in [0.3, 0.4) is 0 Å². The van der Waals surface area contributed by atoms with E-state index >= 15 is 0 Å². The number of aryl methyl sites for hydroxylation is 3. The normalized spacial score (nSPS) is 17.9. The highest BCUT2D eigenvalue weighted by Gasteiger charge is 2.38. The van der Waals surface area contributed by atoms with Gasteiger partial charge in [-0.3, -0.25) is 19.1 Å². The van der Waals surface area contributed by atoms with Gasteiger partial charge in [0.15, 0.2) is 18.1 Å². The molecular formula is C37H41N5O6. The van der Waals surface area contributed by atoms with Gasteiger partial charge in [0.25, 0.3) is 11.8 Å². The van der Waals surface area contributed by atoms with Crippen molar-refractivity contribution in [1.29, 1.82) is 0 Å². The summed E-state index contributed by atoms with van der Waals surface area (Å²) in [4.78, 5) is 41.8. The smallest absolute Gasteiger partial charge is 0.258 e. The Balaban J connectivity index is 1.30. The third-order valence-electron chi connectivity index (χ3n) is 9.19. The molecule has 2 N–H and O–H groups in total. The summed E-state index contributed by atoms with van der Waals surface area (Å²) in [6.45, 7) is 6.65. The van der Waals surface area contributed by atoms with Crippen LogP contribution in [0.4, 0.5) is 0 Å². The molecule has 48 heavy (non-hydrogen) atoms. The summed E-state index contributed by atoms with van der Waals surface area (Å²) in [5, 5.41) is 10.5. The van der Waals surface area contributed by atoms with Crippen molar-refractivity contribution in [2.75, 3.05) is 26.8 Å². The van der Waals surface area contributed by atoms with Crippen LogP contribution in [0.1, 0.15) is 44.9 Å². The largest absolute Gasteiger partial charge is 0.493 e. The summed E-state index contributed by atoms with van der Waals surface area (Å²) >= 11 is 0. The minimum Gasteiger partial charge on any atom is -0.493 e. The third kappa shape index (κ3) is 7.00. The SMILES string of the molecule is COc1cc2ccc1O[C@H]1CN(C(=O)CCc3c(C)nn(C)c3C)C[C@@H]1NC(=O)c1ccc(C)c(c1)-c1cccc(c1)OCC(=O)NC2. The number of amides is 3. The maximum Gasteiger partial charge on any atom is 0.258 e. The molecule has 0 unspecified atom stereocenters. The number of hydrogen-bond acceptors (Lipinski definition) is 7. The van der Waals surface area contributed by atoms with Crippen molar-refractivity contribution in [1.82, 2.24) is 25.3 Å². The highest BCUT2D eigenvalue weighted by Crippen LogP contribution is 2.32.